The van der Waals surface area contributed by atoms with Crippen molar-refractivity contribution >= 4 is 5.82 Å². The number of benzene rings is 1. The quantitative estimate of drug-likeness (QED) is 0.813. The fourth-order valence-electron chi connectivity index (χ4n) is 2.07. The van der Waals surface area contributed by atoms with E-state index in [1.807, 2.05) is 0 Å². The van der Waals surface area contributed by atoms with Gasteiger partial charge in [0.1, 0.15) is 24.3 Å². The van der Waals surface area contributed by atoms with Gasteiger partial charge < -0.3 is 10.1 Å². The monoisotopic (exact) mass is 336 g/mol. The highest BCUT2D eigenvalue weighted by atomic mass is 19.1. The molecule has 1 heterocycles. The summed E-state index contributed by atoms with van der Waals surface area (Å²) in [5.41, 5.74) is -1.52. The summed E-state index contributed by atoms with van der Waals surface area (Å²) in [6.45, 7) is 0.0583. The van der Waals surface area contributed by atoms with Gasteiger partial charge in [-0.15, -0.1) is 0 Å². The molecule has 1 aromatic heterocycles. The molecule has 24 heavy (non-hydrogen) atoms. The highest BCUT2D eigenvalue weighted by Gasteiger charge is 2.15. The number of nitriles is 1. The molecule has 0 fully saturated rings. The normalized spacial score (nSPS) is 10.3. The van der Waals surface area contributed by atoms with Crippen LogP contribution in [0, 0.1) is 23.0 Å². The molecule has 1 aromatic carbocycles. The van der Waals surface area contributed by atoms with Gasteiger partial charge in [0.2, 0.25) is 0 Å². The van der Waals surface area contributed by atoms with Crippen LogP contribution in [0.2, 0.25) is 0 Å². The third-order valence-electron chi connectivity index (χ3n) is 3.32. The lowest BCUT2D eigenvalue weighted by Crippen LogP contribution is -2.40. The Balaban J connectivity index is 2.12. The Bertz CT molecular complexity index is 928. The molecule has 0 spiro atoms. The van der Waals surface area contributed by atoms with E-state index in [9.17, 15) is 18.4 Å². The number of hydrogen-bond acceptors (Lipinski definition) is 5. The van der Waals surface area contributed by atoms with Gasteiger partial charge in [-0.05, 0) is 12.1 Å². The van der Waals surface area contributed by atoms with Gasteiger partial charge in [-0.3, -0.25) is 13.9 Å². The summed E-state index contributed by atoms with van der Waals surface area (Å²) in [6.07, 6.45) is 0. The molecule has 7 nitrogen and oxygen atoms in total. The van der Waals surface area contributed by atoms with E-state index in [-0.39, 0.29) is 30.3 Å². The first-order chi connectivity index (χ1) is 11.4. The molecule has 0 aliphatic heterocycles. The van der Waals surface area contributed by atoms with E-state index >= 15 is 0 Å². The molecule has 2 rings (SSSR count). The van der Waals surface area contributed by atoms with Crippen LogP contribution in [-0.4, -0.2) is 22.3 Å². The van der Waals surface area contributed by atoms with Gasteiger partial charge in [-0.2, -0.15) is 5.26 Å². The molecule has 126 valence electrons. The smallest absolute Gasteiger partial charge is 0.332 e. The Kier molecular flexibility index (Phi) is 4.99. The molecule has 0 saturated heterocycles. The first-order valence-electron chi connectivity index (χ1n) is 6.88. The van der Waals surface area contributed by atoms with E-state index in [4.69, 9.17) is 10.00 Å². The van der Waals surface area contributed by atoms with E-state index < -0.39 is 22.9 Å². The molecular formula is C15H14F2N4O3. The van der Waals surface area contributed by atoms with Crippen molar-refractivity contribution in [3.63, 3.8) is 0 Å². The number of rotatable bonds is 5. The number of aromatic nitrogens is 2. The minimum Gasteiger partial charge on any atom is -0.489 e. The minimum atomic E-state index is -0.839. The van der Waals surface area contributed by atoms with Gasteiger partial charge in [0.25, 0.3) is 5.56 Å². The van der Waals surface area contributed by atoms with E-state index in [0.29, 0.717) is 6.07 Å². The average molecular weight is 336 g/mol. The lowest BCUT2D eigenvalue weighted by atomic mass is 10.3. The third-order valence-corrected chi connectivity index (χ3v) is 3.32. The van der Waals surface area contributed by atoms with E-state index in [1.165, 1.54) is 14.1 Å². The Hall–Kier alpha value is -3.15. The Morgan fingerprint density at radius 2 is 1.96 bits per heavy atom. The lowest BCUT2D eigenvalue weighted by molar-refractivity contribution is 0.313. The Morgan fingerprint density at radius 3 is 2.58 bits per heavy atom. The number of nitrogens with zero attached hydrogens (tertiary/aromatic N) is 3. The van der Waals surface area contributed by atoms with Crippen LogP contribution in [0.4, 0.5) is 14.6 Å². The fourth-order valence-corrected chi connectivity index (χ4v) is 2.07. The topological polar surface area (TPSA) is 89.1 Å². The maximum Gasteiger partial charge on any atom is 0.332 e. The van der Waals surface area contributed by atoms with Gasteiger partial charge in [0.15, 0.2) is 17.1 Å². The largest absolute Gasteiger partial charge is 0.489 e. The second-order valence-corrected chi connectivity index (χ2v) is 4.89. The van der Waals surface area contributed by atoms with Gasteiger partial charge in [-0.1, -0.05) is 0 Å². The standard InChI is InChI=1S/C15H14F2N4O3/c1-20-13(10(8-18)14(22)21(2)15(20)23)19-5-6-24-12-4-3-9(16)7-11(12)17/h3-4,7,19H,5-6H2,1-2H3. The van der Waals surface area contributed by atoms with Crippen molar-refractivity contribution in [3.05, 3.63) is 56.2 Å². The third kappa shape index (κ3) is 3.27. The first kappa shape index (κ1) is 17.2. The van der Waals surface area contributed by atoms with Crippen LogP contribution in [0.25, 0.3) is 0 Å². The highest BCUT2D eigenvalue weighted by Crippen LogP contribution is 2.17. The van der Waals surface area contributed by atoms with Crippen molar-refractivity contribution in [1.29, 1.82) is 5.26 Å². The highest BCUT2D eigenvalue weighted by molar-refractivity contribution is 5.51. The van der Waals surface area contributed by atoms with Crippen LogP contribution in [0.3, 0.4) is 0 Å². The summed E-state index contributed by atoms with van der Waals surface area (Å²) in [5.74, 6) is -1.63. The minimum absolute atomic E-state index is 0.0309. The molecule has 0 aliphatic carbocycles. The summed E-state index contributed by atoms with van der Waals surface area (Å²) in [7, 11) is 2.68. The predicted octanol–water partition coefficient (Wildman–Crippen LogP) is 0.725. The van der Waals surface area contributed by atoms with Crippen LogP contribution < -0.4 is 21.3 Å². The molecule has 0 aliphatic rings. The van der Waals surface area contributed by atoms with Crippen molar-refractivity contribution < 1.29 is 13.5 Å². The number of anilines is 1. The summed E-state index contributed by atoms with van der Waals surface area (Å²) >= 11 is 0. The molecule has 0 unspecified atom stereocenters. The second-order valence-electron chi connectivity index (χ2n) is 4.89. The number of ether oxygens (including phenoxy) is 1. The van der Waals surface area contributed by atoms with Crippen molar-refractivity contribution in [2.45, 2.75) is 0 Å². The summed E-state index contributed by atoms with van der Waals surface area (Å²) in [5, 5.41) is 11.8. The molecule has 1 N–H and O–H groups in total. The van der Waals surface area contributed by atoms with Gasteiger partial charge >= 0.3 is 5.69 Å². The Labute approximate surface area is 135 Å². The van der Waals surface area contributed by atoms with Crippen molar-refractivity contribution in [2.24, 2.45) is 14.1 Å². The first-order valence-corrected chi connectivity index (χ1v) is 6.88. The van der Waals surface area contributed by atoms with Crippen molar-refractivity contribution in [3.8, 4) is 11.8 Å². The number of halogens is 2. The second kappa shape index (κ2) is 6.95. The maximum atomic E-state index is 13.4. The van der Waals surface area contributed by atoms with E-state index in [2.05, 4.69) is 5.32 Å². The van der Waals surface area contributed by atoms with Crippen molar-refractivity contribution in [1.82, 2.24) is 9.13 Å². The SMILES string of the molecule is Cn1c(NCCOc2ccc(F)cc2F)c(C#N)c(=O)n(C)c1=O. The summed E-state index contributed by atoms with van der Waals surface area (Å²) < 4.78 is 33.3. The molecule has 0 atom stereocenters. The molecule has 0 bridgehead atoms. The zero-order valence-corrected chi connectivity index (χ0v) is 13.0. The molecule has 0 radical (unpaired) electrons. The molecule has 0 amide bonds. The lowest BCUT2D eigenvalue weighted by Gasteiger charge is -2.14. The average Bonchev–Trinajstić information content (AvgIpc) is 2.55. The zero-order chi connectivity index (χ0) is 17.9. The van der Waals surface area contributed by atoms with E-state index in [1.54, 1.807) is 6.07 Å². The summed E-state index contributed by atoms with van der Waals surface area (Å²) in [4.78, 5) is 23.8. The van der Waals surface area contributed by atoms with Gasteiger partial charge in [0, 0.05) is 20.2 Å². The number of hydrogen-bond donors (Lipinski definition) is 1. The zero-order valence-electron chi connectivity index (χ0n) is 13.0. The predicted molar refractivity (Wildman–Crippen MR) is 82.0 cm³/mol. The van der Waals surface area contributed by atoms with E-state index in [0.717, 1.165) is 21.3 Å². The fraction of sp³-hybridized carbons (Fsp3) is 0.267. The van der Waals surface area contributed by atoms with Crippen LogP contribution >= 0.6 is 0 Å². The molecule has 2 aromatic rings. The van der Waals surface area contributed by atoms with Crippen LogP contribution in [0.5, 0.6) is 5.75 Å². The Morgan fingerprint density at radius 1 is 1.25 bits per heavy atom. The van der Waals surface area contributed by atoms with Gasteiger partial charge in [-0.25, -0.2) is 13.6 Å². The maximum absolute atomic E-state index is 13.4. The summed E-state index contributed by atoms with van der Waals surface area (Å²) in [6, 6.07) is 4.66. The van der Waals surface area contributed by atoms with Crippen LogP contribution in [0.1, 0.15) is 5.56 Å². The van der Waals surface area contributed by atoms with Crippen LogP contribution in [-0.2, 0) is 14.1 Å². The molecule has 9 heteroatoms. The number of nitrogens with one attached hydrogen (secondary N) is 1. The molecular weight excluding hydrogens is 322 g/mol. The van der Waals surface area contributed by atoms with Crippen LogP contribution in [0.15, 0.2) is 27.8 Å². The van der Waals surface area contributed by atoms with Crippen molar-refractivity contribution in [2.75, 3.05) is 18.5 Å². The molecule has 0 saturated carbocycles. The van der Waals surface area contributed by atoms with Gasteiger partial charge in [0.05, 0.1) is 6.54 Å².